The van der Waals surface area contributed by atoms with E-state index in [1.54, 1.807) is 19.3 Å². The first-order valence-corrected chi connectivity index (χ1v) is 16.3. The molecule has 0 radical (unpaired) electrons. The number of hydrogen-bond acceptors (Lipinski definition) is 5. The predicted molar refractivity (Wildman–Crippen MR) is 185 cm³/mol. The first-order chi connectivity index (χ1) is 21.5. The minimum Gasteiger partial charge on any atom is -0.467 e. The summed E-state index contributed by atoms with van der Waals surface area (Å²) >= 11 is 0. The molecule has 0 atom stereocenters. The van der Waals surface area contributed by atoms with Gasteiger partial charge in [0.25, 0.3) is 0 Å². The van der Waals surface area contributed by atoms with Crippen molar-refractivity contribution in [1.29, 1.82) is 0 Å². The molecule has 1 aliphatic heterocycles. The first-order valence-electron chi connectivity index (χ1n) is 16.3. The number of amides is 1. The Bertz CT molecular complexity index is 1450. The zero-order chi connectivity index (χ0) is 32.5. The molecule has 2 N–H and O–H groups in total. The van der Waals surface area contributed by atoms with Gasteiger partial charge in [-0.15, -0.1) is 0 Å². The normalized spacial score (nSPS) is 15.4. The number of nitrogens with zero attached hydrogens (tertiary/aromatic N) is 1. The van der Waals surface area contributed by atoms with E-state index in [4.69, 9.17) is 14.2 Å². The molecule has 4 rings (SSSR count). The number of likely N-dealkylation sites (tertiary alicyclic amines) is 1. The molecule has 3 aromatic rings. The number of aromatic amines is 1. The lowest BCUT2D eigenvalue weighted by Gasteiger charge is -2.31. The summed E-state index contributed by atoms with van der Waals surface area (Å²) in [4.78, 5) is 18.5. The highest BCUT2D eigenvalue weighted by Crippen LogP contribution is 2.39. The summed E-state index contributed by atoms with van der Waals surface area (Å²) < 4.78 is 16.9. The summed E-state index contributed by atoms with van der Waals surface area (Å²) in [6.07, 6.45) is 11.8. The molecule has 1 saturated heterocycles. The zero-order valence-electron chi connectivity index (χ0n) is 28.4. The molecule has 1 amide bonds. The Morgan fingerprint density at radius 1 is 1.02 bits per heavy atom. The van der Waals surface area contributed by atoms with Crippen molar-refractivity contribution in [1.82, 2.24) is 15.2 Å². The number of carbonyl (C=O) groups is 1. The molecular formula is C38H53N3O4. The Morgan fingerprint density at radius 3 is 2.49 bits per heavy atom. The SMILES string of the molecule is COCCOCOc1c(/C=C/C=C/C(=O)NCCN2CCC(c3c[nH]c4ccccc34)CC2)cc(C(C)(C)C)cc1C(C)(C)C. The maximum absolute atomic E-state index is 12.6. The molecule has 0 unspecified atom stereocenters. The summed E-state index contributed by atoms with van der Waals surface area (Å²) in [6, 6.07) is 13.0. The molecule has 2 aromatic carbocycles. The van der Waals surface area contributed by atoms with Gasteiger partial charge in [0.1, 0.15) is 5.75 Å². The summed E-state index contributed by atoms with van der Waals surface area (Å²) in [7, 11) is 1.65. The highest BCUT2D eigenvalue weighted by molar-refractivity contribution is 5.88. The number of allylic oxidation sites excluding steroid dienone is 2. The number of methoxy groups -OCH3 is 1. The standard InChI is InChI=1S/C38H53N3O4/c1-37(2,3)30-24-29(36(33(25-30)38(4,5)6)45-27-44-23-22-43-7)12-8-11-15-35(42)39-18-21-41-19-16-28(17-20-41)32-26-40-34-14-10-9-13-31(32)34/h8-15,24-26,28,40H,16-23,27H2,1-7H3,(H,39,42)/b12-8+,15-11+. The monoisotopic (exact) mass is 615 g/mol. The van der Waals surface area contributed by atoms with Crippen molar-refractivity contribution in [3.63, 3.8) is 0 Å². The van der Waals surface area contributed by atoms with Gasteiger partial charge in [-0.25, -0.2) is 0 Å². The Labute approximate surface area is 270 Å². The molecular weight excluding hydrogens is 562 g/mol. The van der Waals surface area contributed by atoms with E-state index in [1.807, 2.05) is 12.2 Å². The quantitative estimate of drug-likeness (QED) is 0.0912. The molecule has 0 saturated carbocycles. The highest BCUT2D eigenvalue weighted by Gasteiger charge is 2.26. The van der Waals surface area contributed by atoms with Gasteiger partial charge in [0, 0.05) is 54.5 Å². The number of nitrogens with one attached hydrogen (secondary N) is 2. The van der Waals surface area contributed by atoms with E-state index in [-0.39, 0.29) is 23.5 Å². The maximum atomic E-state index is 12.6. The van der Waals surface area contributed by atoms with Gasteiger partial charge in [-0.1, -0.05) is 84.0 Å². The number of aromatic nitrogens is 1. The summed E-state index contributed by atoms with van der Waals surface area (Å²) in [5.74, 6) is 1.30. The number of para-hydroxylation sites is 1. The lowest BCUT2D eigenvalue weighted by atomic mass is 9.79. The van der Waals surface area contributed by atoms with E-state index < -0.39 is 0 Å². The number of fused-ring (bicyclic) bond motifs is 1. The molecule has 7 nitrogen and oxygen atoms in total. The van der Waals surface area contributed by atoms with Gasteiger partial charge in [0.05, 0.1) is 13.2 Å². The van der Waals surface area contributed by atoms with E-state index in [2.05, 4.69) is 99.3 Å². The van der Waals surface area contributed by atoms with Crippen LogP contribution in [0.15, 0.2) is 60.8 Å². The average molecular weight is 616 g/mol. The van der Waals surface area contributed by atoms with Crippen LogP contribution in [-0.2, 0) is 25.1 Å². The molecule has 0 aliphatic carbocycles. The molecule has 0 bridgehead atoms. The molecule has 0 spiro atoms. The third-order valence-electron chi connectivity index (χ3n) is 8.52. The summed E-state index contributed by atoms with van der Waals surface area (Å²) in [6.45, 7) is 17.9. The third-order valence-corrected chi connectivity index (χ3v) is 8.52. The van der Waals surface area contributed by atoms with Gasteiger partial charge in [0.15, 0.2) is 6.79 Å². The van der Waals surface area contributed by atoms with Crippen molar-refractivity contribution in [3.8, 4) is 5.75 Å². The van der Waals surface area contributed by atoms with Crippen LogP contribution in [0.1, 0.15) is 82.6 Å². The van der Waals surface area contributed by atoms with Crippen LogP contribution in [0.2, 0.25) is 0 Å². The molecule has 7 heteroatoms. The van der Waals surface area contributed by atoms with Crippen molar-refractivity contribution in [2.75, 3.05) is 53.3 Å². The fourth-order valence-electron chi connectivity index (χ4n) is 5.83. The summed E-state index contributed by atoms with van der Waals surface area (Å²) in [5, 5.41) is 4.39. The maximum Gasteiger partial charge on any atom is 0.244 e. The molecule has 1 aliphatic rings. The number of H-pyrrole nitrogens is 1. The van der Waals surface area contributed by atoms with Crippen LogP contribution in [-0.4, -0.2) is 69.1 Å². The van der Waals surface area contributed by atoms with Gasteiger partial charge in [0.2, 0.25) is 5.91 Å². The van der Waals surface area contributed by atoms with Crippen LogP contribution < -0.4 is 10.1 Å². The van der Waals surface area contributed by atoms with Crippen molar-refractivity contribution >= 4 is 22.9 Å². The van der Waals surface area contributed by atoms with E-state index in [0.717, 1.165) is 49.4 Å². The Hall–Kier alpha value is -3.39. The van der Waals surface area contributed by atoms with E-state index >= 15 is 0 Å². The Morgan fingerprint density at radius 2 is 1.78 bits per heavy atom. The molecule has 1 aromatic heterocycles. The fraction of sp³-hybridized carbons (Fsp3) is 0.500. The number of piperidine rings is 1. The first kappa shape index (κ1) is 34.5. The highest BCUT2D eigenvalue weighted by atomic mass is 16.7. The second-order valence-electron chi connectivity index (χ2n) is 14.0. The zero-order valence-corrected chi connectivity index (χ0v) is 28.4. The number of rotatable bonds is 13. The van der Waals surface area contributed by atoms with Crippen LogP contribution >= 0.6 is 0 Å². The predicted octanol–water partition coefficient (Wildman–Crippen LogP) is 7.33. The number of carbonyl (C=O) groups excluding carboxylic acids is 1. The third kappa shape index (κ3) is 9.80. The van der Waals surface area contributed by atoms with Crippen LogP contribution in [0.25, 0.3) is 17.0 Å². The van der Waals surface area contributed by atoms with Crippen molar-refractivity contribution in [3.05, 3.63) is 83.1 Å². The van der Waals surface area contributed by atoms with Gasteiger partial charge in [-0.3, -0.25) is 4.79 Å². The number of benzene rings is 2. The minimum absolute atomic E-state index is 0.0303. The largest absolute Gasteiger partial charge is 0.467 e. The Balaban J connectivity index is 1.31. The van der Waals surface area contributed by atoms with Crippen LogP contribution in [0.4, 0.5) is 0 Å². The van der Waals surface area contributed by atoms with Crippen molar-refractivity contribution in [2.24, 2.45) is 0 Å². The lowest BCUT2D eigenvalue weighted by Crippen LogP contribution is -2.38. The van der Waals surface area contributed by atoms with Gasteiger partial charge in [-0.05, 0) is 65.9 Å². The van der Waals surface area contributed by atoms with E-state index in [1.165, 1.54) is 22.0 Å². The Kier molecular flexibility index (Phi) is 12.1. The number of ether oxygens (including phenoxy) is 3. The van der Waals surface area contributed by atoms with Gasteiger partial charge < -0.3 is 29.4 Å². The molecule has 1 fully saturated rings. The van der Waals surface area contributed by atoms with Gasteiger partial charge >= 0.3 is 0 Å². The van der Waals surface area contributed by atoms with Crippen LogP contribution in [0, 0.1) is 0 Å². The molecule has 45 heavy (non-hydrogen) atoms. The molecule has 244 valence electrons. The van der Waals surface area contributed by atoms with Crippen LogP contribution in [0.3, 0.4) is 0 Å². The lowest BCUT2D eigenvalue weighted by molar-refractivity contribution is -0.116. The van der Waals surface area contributed by atoms with E-state index in [9.17, 15) is 4.79 Å². The van der Waals surface area contributed by atoms with Gasteiger partial charge in [-0.2, -0.15) is 0 Å². The van der Waals surface area contributed by atoms with E-state index in [0.29, 0.717) is 25.7 Å². The smallest absolute Gasteiger partial charge is 0.244 e. The van der Waals surface area contributed by atoms with Crippen LogP contribution in [0.5, 0.6) is 5.75 Å². The van der Waals surface area contributed by atoms with Crippen molar-refractivity contribution < 1.29 is 19.0 Å². The topological polar surface area (TPSA) is 75.8 Å². The summed E-state index contributed by atoms with van der Waals surface area (Å²) in [5.41, 5.74) is 5.80. The average Bonchev–Trinajstić information content (AvgIpc) is 3.43. The number of hydrogen-bond donors (Lipinski definition) is 2. The fourth-order valence-corrected chi connectivity index (χ4v) is 5.83. The second kappa shape index (κ2) is 15.7. The molecule has 2 heterocycles. The van der Waals surface area contributed by atoms with Crippen molar-refractivity contribution in [2.45, 2.75) is 71.1 Å². The minimum atomic E-state index is -0.132. The second-order valence-corrected chi connectivity index (χ2v) is 14.0.